The zero-order chi connectivity index (χ0) is 12.8. The fourth-order valence-electron chi connectivity index (χ4n) is 1.74. The predicted octanol–water partition coefficient (Wildman–Crippen LogP) is 3.03. The van der Waals surface area contributed by atoms with Crippen LogP contribution in [0.3, 0.4) is 0 Å². The molecule has 18 heavy (non-hydrogen) atoms. The maximum atomic E-state index is 4.39. The Bertz CT molecular complexity index is 473. The van der Waals surface area contributed by atoms with Crippen LogP contribution in [-0.4, -0.2) is 20.6 Å². The second-order valence-corrected chi connectivity index (χ2v) is 4.29. The third kappa shape index (κ3) is 3.20. The highest BCUT2D eigenvalue weighted by molar-refractivity contribution is 5.44. The third-order valence-corrected chi connectivity index (χ3v) is 2.73. The van der Waals surface area contributed by atoms with Gasteiger partial charge in [0.25, 0.3) is 0 Å². The lowest BCUT2D eigenvalue weighted by molar-refractivity contribution is 0.718. The van der Waals surface area contributed by atoms with Gasteiger partial charge in [0.05, 0.1) is 11.9 Å². The number of allylic oxidation sites excluding steroid dienone is 1. The van der Waals surface area contributed by atoms with Crippen LogP contribution >= 0.6 is 0 Å². The molecule has 94 valence electrons. The molecule has 0 aliphatic carbocycles. The smallest absolute Gasteiger partial charge is 0.137 e. The summed E-state index contributed by atoms with van der Waals surface area (Å²) in [7, 11) is 0. The lowest BCUT2D eigenvalue weighted by atomic mass is 10.2. The first kappa shape index (κ1) is 12.4. The molecule has 0 aromatic carbocycles. The first-order valence-corrected chi connectivity index (χ1v) is 6.11. The summed E-state index contributed by atoms with van der Waals surface area (Å²) in [5.74, 6) is 0.872. The van der Waals surface area contributed by atoms with Gasteiger partial charge in [0, 0.05) is 18.4 Å². The third-order valence-electron chi connectivity index (χ3n) is 2.73. The summed E-state index contributed by atoms with van der Waals surface area (Å²) >= 11 is 0. The fourth-order valence-corrected chi connectivity index (χ4v) is 1.74. The summed E-state index contributed by atoms with van der Waals surface area (Å²) in [6.07, 6.45) is 11.2. The van der Waals surface area contributed by atoms with Crippen LogP contribution in [-0.2, 0) is 0 Å². The molecule has 0 fully saturated rings. The second-order valence-electron chi connectivity index (χ2n) is 4.29. The van der Waals surface area contributed by atoms with Crippen molar-refractivity contribution in [1.29, 1.82) is 0 Å². The van der Waals surface area contributed by atoms with Crippen LogP contribution < -0.4 is 5.32 Å². The molecule has 1 N–H and O–H groups in total. The summed E-state index contributed by atoms with van der Waals surface area (Å²) in [5, 5.41) is 3.41. The number of rotatable bonds is 6. The first-order valence-electron chi connectivity index (χ1n) is 6.11. The largest absolute Gasteiger partial charge is 0.381 e. The number of imidazole rings is 1. The molecule has 0 amide bonds. The molecule has 1 atom stereocenters. The van der Waals surface area contributed by atoms with E-state index < -0.39 is 0 Å². The van der Waals surface area contributed by atoms with E-state index in [0.29, 0.717) is 6.04 Å². The average molecular weight is 242 g/mol. The molecule has 1 unspecified atom stereocenters. The van der Waals surface area contributed by atoms with Crippen molar-refractivity contribution in [3.8, 4) is 5.82 Å². The van der Waals surface area contributed by atoms with Crippen LogP contribution in [0.15, 0.2) is 49.7 Å². The van der Waals surface area contributed by atoms with Gasteiger partial charge in [-0.3, -0.25) is 4.57 Å². The fraction of sp³-hybridized carbons (Fsp3) is 0.286. The summed E-state index contributed by atoms with van der Waals surface area (Å²) < 4.78 is 1.88. The molecule has 2 rings (SSSR count). The van der Waals surface area contributed by atoms with E-state index >= 15 is 0 Å². The first-order chi connectivity index (χ1) is 8.79. The Balaban J connectivity index is 1.97. The number of aromatic nitrogens is 3. The van der Waals surface area contributed by atoms with E-state index in [0.717, 1.165) is 24.3 Å². The van der Waals surface area contributed by atoms with Gasteiger partial charge in [-0.05, 0) is 31.9 Å². The molecule has 0 radical (unpaired) electrons. The van der Waals surface area contributed by atoms with Crippen molar-refractivity contribution >= 4 is 5.69 Å². The Morgan fingerprint density at radius 3 is 3.00 bits per heavy atom. The number of pyridine rings is 1. The van der Waals surface area contributed by atoms with Gasteiger partial charge in [0.1, 0.15) is 12.1 Å². The van der Waals surface area contributed by atoms with Crippen LogP contribution in [0.5, 0.6) is 0 Å². The van der Waals surface area contributed by atoms with Crippen molar-refractivity contribution in [2.45, 2.75) is 25.8 Å². The van der Waals surface area contributed by atoms with Crippen molar-refractivity contribution in [1.82, 2.24) is 14.5 Å². The summed E-state index contributed by atoms with van der Waals surface area (Å²) in [6, 6.07) is 4.43. The Morgan fingerprint density at radius 2 is 2.39 bits per heavy atom. The summed E-state index contributed by atoms with van der Waals surface area (Å²) in [6.45, 7) is 5.89. The van der Waals surface area contributed by atoms with Crippen molar-refractivity contribution in [2.24, 2.45) is 0 Å². The molecular formula is C14H18N4. The van der Waals surface area contributed by atoms with Crippen molar-refractivity contribution in [3.05, 3.63) is 49.7 Å². The van der Waals surface area contributed by atoms with Crippen LogP contribution in [0.25, 0.3) is 5.82 Å². The summed E-state index contributed by atoms with van der Waals surface area (Å²) in [4.78, 5) is 8.40. The maximum Gasteiger partial charge on any atom is 0.137 e. The van der Waals surface area contributed by atoms with Gasteiger partial charge in [0.2, 0.25) is 0 Å². The van der Waals surface area contributed by atoms with Gasteiger partial charge >= 0.3 is 0 Å². The lowest BCUT2D eigenvalue weighted by Gasteiger charge is -2.14. The van der Waals surface area contributed by atoms with Crippen LogP contribution in [0.4, 0.5) is 5.69 Å². The topological polar surface area (TPSA) is 42.7 Å². The van der Waals surface area contributed by atoms with Gasteiger partial charge in [-0.2, -0.15) is 0 Å². The van der Waals surface area contributed by atoms with Crippen LogP contribution in [0.2, 0.25) is 0 Å². The minimum atomic E-state index is 0.420. The molecule has 0 aliphatic heterocycles. The highest BCUT2D eigenvalue weighted by Gasteiger charge is 2.02. The maximum absolute atomic E-state index is 4.39. The van der Waals surface area contributed by atoms with E-state index in [1.54, 1.807) is 12.5 Å². The molecular weight excluding hydrogens is 224 g/mol. The van der Waals surface area contributed by atoms with Gasteiger partial charge in [-0.1, -0.05) is 6.08 Å². The van der Waals surface area contributed by atoms with Crippen molar-refractivity contribution < 1.29 is 0 Å². The standard InChI is InChI=1S/C14H18N4/c1-3-4-5-12(2)17-13-6-7-14(16-10-13)18-9-8-15-11-18/h3,6-12,17H,1,4-5H2,2H3. The molecule has 2 heterocycles. The second kappa shape index (κ2) is 6.00. The lowest BCUT2D eigenvalue weighted by Crippen LogP contribution is -2.14. The van der Waals surface area contributed by atoms with E-state index in [1.165, 1.54) is 0 Å². The molecule has 0 aliphatic rings. The van der Waals surface area contributed by atoms with E-state index in [4.69, 9.17) is 0 Å². The Morgan fingerprint density at radius 1 is 1.50 bits per heavy atom. The highest BCUT2D eigenvalue weighted by atomic mass is 15.1. The number of nitrogens with zero attached hydrogens (tertiary/aromatic N) is 3. The van der Waals surface area contributed by atoms with E-state index in [2.05, 4.69) is 28.8 Å². The highest BCUT2D eigenvalue weighted by Crippen LogP contribution is 2.12. The van der Waals surface area contributed by atoms with E-state index in [1.807, 2.05) is 35.2 Å². The molecule has 4 nitrogen and oxygen atoms in total. The SMILES string of the molecule is C=CCCC(C)Nc1ccc(-n2ccnc2)nc1. The molecule has 2 aromatic heterocycles. The molecule has 0 spiro atoms. The zero-order valence-corrected chi connectivity index (χ0v) is 10.6. The zero-order valence-electron chi connectivity index (χ0n) is 10.6. The van der Waals surface area contributed by atoms with Gasteiger partial charge in [0.15, 0.2) is 0 Å². The monoisotopic (exact) mass is 242 g/mol. The van der Waals surface area contributed by atoms with Crippen molar-refractivity contribution in [3.63, 3.8) is 0 Å². The van der Waals surface area contributed by atoms with Gasteiger partial charge in [-0.15, -0.1) is 6.58 Å². The number of anilines is 1. The number of hydrogen-bond acceptors (Lipinski definition) is 3. The van der Waals surface area contributed by atoms with Crippen molar-refractivity contribution in [2.75, 3.05) is 5.32 Å². The summed E-state index contributed by atoms with van der Waals surface area (Å²) in [5.41, 5.74) is 1.04. The Kier molecular flexibility index (Phi) is 4.12. The molecule has 0 saturated heterocycles. The van der Waals surface area contributed by atoms with Gasteiger partial charge in [-0.25, -0.2) is 9.97 Å². The molecule has 2 aromatic rings. The van der Waals surface area contributed by atoms with E-state index in [9.17, 15) is 0 Å². The number of nitrogens with one attached hydrogen (secondary N) is 1. The Hall–Kier alpha value is -2.10. The average Bonchev–Trinajstić information content (AvgIpc) is 2.91. The quantitative estimate of drug-likeness (QED) is 0.792. The normalized spacial score (nSPS) is 12.1. The minimum absolute atomic E-state index is 0.420. The predicted molar refractivity (Wildman–Crippen MR) is 73.9 cm³/mol. The molecule has 0 bridgehead atoms. The van der Waals surface area contributed by atoms with E-state index in [-0.39, 0.29) is 0 Å². The minimum Gasteiger partial charge on any atom is -0.381 e. The van der Waals surface area contributed by atoms with Crippen LogP contribution in [0, 0.1) is 0 Å². The van der Waals surface area contributed by atoms with Gasteiger partial charge < -0.3 is 5.32 Å². The Labute approximate surface area is 107 Å². The number of hydrogen-bond donors (Lipinski definition) is 1. The molecule has 0 saturated carbocycles. The van der Waals surface area contributed by atoms with Crippen LogP contribution in [0.1, 0.15) is 19.8 Å². The molecule has 4 heteroatoms.